The molecule has 5 nitrogen and oxygen atoms in total. The molecular formula is C27H26FNO4. The molecule has 3 aromatic carbocycles. The highest BCUT2D eigenvalue weighted by Crippen LogP contribution is 2.43. The summed E-state index contributed by atoms with van der Waals surface area (Å²) in [5.41, 5.74) is 5.28. The van der Waals surface area contributed by atoms with Crippen LogP contribution in [0.3, 0.4) is 0 Å². The summed E-state index contributed by atoms with van der Waals surface area (Å²) in [6.45, 7) is 6.35. The van der Waals surface area contributed by atoms with Gasteiger partial charge in [-0.3, -0.25) is 0 Å². The molecule has 0 saturated carbocycles. The molecule has 0 unspecified atom stereocenters. The van der Waals surface area contributed by atoms with Crippen LogP contribution in [0.4, 0.5) is 10.1 Å². The normalized spacial score (nSPS) is 14.0. The van der Waals surface area contributed by atoms with Gasteiger partial charge in [-0.1, -0.05) is 24.3 Å². The molecule has 0 amide bonds. The maximum atomic E-state index is 13.9. The molecule has 6 heteroatoms. The molecule has 0 radical (unpaired) electrons. The van der Waals surface area contributed by atoms with Crippen molar-refractivity contribution in [1.29, 1.82) is 0 Å². The number of halogens is 1. The van der Waals surface area contributed by atoms with Crippen LogP contribution < -0.4 is 14.8 Å². The van der Waals surface area contributed by atoms with Gasteiger partial charge in [0, 0.05) is 28.4 Å². The summed E-state index contributed by atoms with van der Waals surface area (Å²) >= 11 is 0. The maximum Gasteiger partial charge on any atom is 0.339 e. The Kier molecular flexibility index (Phi) is 5.85. The van der Waals surface area contributed by atoms with Crippen LogP contribution in [-0.2, 0) is 6.61 Å². The number of carboxylic acids is 1. The van der Waals surface area contributed by atoms with Gasteiger partial charge in [-0.15, -0.1) is 0 Å². The quantitative estimate of drug-likeness (QED) is 0.459. The van der Waals surface area contributed by atoms with Crippen LogP contribution in [0, 0.1) is 5.82 Å². The molecule has 170 valence electrons. The van der Waals surface area contributed by atoms with E-state index in [2.05, 4.69) is 25.2 Å². The molecular weight excluding hydrogens is 421 g/mol. The molecule has 1 heterocycles. The van der Waals surface area contributed by atoms with E-state index >= 15 is 0 Å². The van der Waals surface area contributed by atoms with E-state index < -0.39 is 5.97 Å². The van der Waals surface area contributed by atoms with Crippen molar-refractivity contribution >= 4 is 17.2 Å². The molecule has 3 aromatic rings. The third-order valence-corrected chi connectivity index (χ3v) is 5.68. The number of para-hydroxylation sites is 1. The summed E-state index contributed by atoms with van der Waals surface area (Å²) in [5, 5.41) is 13.1. The predicted molar refractivity (Wildman–Crippen MR) is 127 cm³/mol. The molecule has 1 aliphatic rings. The number of benzene rings is 3. The predicted octanol–water partition coefficient (Wildman–Crippen LogP) is 6.39. The molecule has 0 aromatic heterocycles. The Balaban J connectivity index is 1.88. The minimum atomic E-state index is -1.05. The molecule has 0 atom stereocenters. The Bertz CT molecular complexity index is 1260. The second-order valence-corrected chi connectivity index (χ2v) is 8.62. The highest BCUT2D eigenvalue weighted by atomic mass is 19.1. The molecule has 0 saturated heterocycles. The first-order chi connectivity index (χ1) is 15.7. The largest absolute Gasteiger partial charge is 0.496 e. The van der Waals surface area contributed by atoms with E-state index in [0.29, 0.717) is 5.75 Å². The molecule has 0 aliphatic carbocycles. The average Bonchev–Trinajstić information content (AvgIpc) is 2.76. The van der Waals surface area contributed by atoms with E-state index in [9.17, 15) is 14.3 Å². The molecule has 1 aliphatic heterocycles. The summed E-state index contributed by atoms with van der Waals surface area (Å²) in [5.74, 6) is -0.750. The minimum Gasteiger partial charge on any atom is -0.496 e. The van der Waals surface area contributed by atoms with Gasteiger partial charge in [0.15, 0.2) is 0 Å². The second kappa shape index (κ2) is 8.62. The number of hydrogen-bond donors (Lipinski definition) is 2. The first-order valence-electron chi connectivity index (χ1n) is 10.6. The summed E-state index contributed by atoms with van der Waals surface area (Å²) in [6.07, 6.45) is 2.15. The fraction of sp³-hybridized carbons (Fsp3) is 0.222. The van der Waals surface area contributed by atoms with Crippen molar-refractivity contribution in [3.05, 3.63) is 83.2 Å². The van der Waals surface area contributed by atoms with Crippen molar-refractivity contribution in [3.8, 4) is 22.6 Å². The van der Waals surface area contributed by atoms with Crippen LogP contribution in [0.1, 0.15) is 42.3 Å². The van der Waals surface area contributed by atoms with E-state index in [0.717, 1.165) is 33.5 Å². The van der Waals surface area contributed by atoms with Crippen molar-refractivity contribution in [2.24, 2.45) is 0 Å². The van der Waals surface area contributed by atoms with Crippen LogP contribution in [0.2, 0.25) is 0 Å². The smallest absolute Gasteiger partial charge is 0.339 e. The van der Waals surface area contributed by atoms with E-state index in [-0.39, 0.29) is 29.3 Å². The third kappa shape index (κ3) is 4.42. The van der Waals surface area contributed by atoms with Crippen molar-refractivity contribution in [2.45, 2.75) is 32.9 Å². The number of fused-ring (bicyclic) bond motifs is 1. The van der Waals surface area contributed by atoms with Crippen molar-refractivity contribution < 1.29 is 23.8 Å². The zero-order chi connectivity index (χ0) is 23.8. The molecule has 0 spiro atoms. The van der Waals surface area contributed by atoms with Gasteiger partial charge >= 0.3 is 5.97 Å². The van der Waals surface area contributed by atoms with Gasteiger partial charge < -0.3 is 19.9 Å². The van der Waals surface area contributed by atoms with Crippen molar-refractivity contribution in [3.63, 3.8) is 0 Å². The fourth-order valence-electron chi connectivity index (χ4n) is 4.41. The molecule has 33 heavy (non-hydrogen) atoms. The molecule has 4 rings (SSSR count). The van der Waals surface area contributed by atoms with Crippen LogP contribution in [0.15, 0.2) is 60.7 Å². The summed E-state index contributed by atoms with van der Waals surface area (Å²) in [7, 11) is 1.51. The Hall–Kier alpha value is -3.80. The zero-order valence-electron chi connectivity index (χ0n) is 19.0. The number of methoxy groups -OCH3 is 1. The van der Waals surface area contributed by atoms with Crippen LogP contribution >= 0.6 is 0 Å². The highest BCUT2D eigenvalue weighted by molar-refractivity contribution is 5.91. The van der Waals surface area contributed by atoms with Crippen LogP contribution in [-0.4, -0.2) is 23.7 Å². The average molecular weight is 448 g/mol. The number of carbonyl (C=O) groups is 1. The minimum absolute atomic E-state index is 0.0923. The van der Waals surface area contributed by atoms with Crippen molar-refractivity contribution in [1.82, 2.24) is 0 Å². The summed E-state index contributed by atoms with van der Waals surface area (Å²) in [6, 6.07) is 14.9. The Morgan fingerprint density at radius 1 is 1.06 bits per heavy atom. The van der Waals surface area contributed by atoms with Gasteiger partial charge in [-0.25, -0.2) is 9.18 Å². The van der Waals surface area contributed by atoms with Crippen LogP contribution in [0.25, 0.3) is 16.7 Å². The SMILES string of the molecule is COc1cc(F)ccc1-c1ccc2c(c1COc1ccccc1C(=O)O)C(C)=CC(C)(C)N2. The van der Waals surface area contributed by atoms with Gasteiger partial charge in [-0.05, 0) is 62.2 Å². The zero-order valence-corrected chi connectivity index (χ0v) is 19.0. The topological polar surface area (TPSA) is 67.8 Å². The van der Waals surface area contributed by atoms with Gasteiger partial charge in [0.1, 0.15) is 29.5 Å². The number of rotatable bonds is 6. The number of aromatic carboxylic acids is 1. The molecule has 0 fully saturated rings. The lowest BCUT2D eigenvalue weighted by atomic mass is 9.85. The van der Waals surface area contributed by atoms with Gasteiger partial charge in [0.2, 0.25) is 0 Å². The van der Waals surface area contributed by atoms with E-state index in [4.69, 9.17) is 9.47 Å². The number of allylic oxidation sites excluding steroid dienone is 1. The Labute approximate surface area is 192 Å². The number of carboxylic acid groups (broad SMARTS) is 1. The second-order valence-electron chi connectivity index (χ2n) is 8.62. The number of ether oxygens (including phenoxy) is 2. The Morgan fingerprint density at radius 3 is 2.52 bits per heavy atom. The first kappa shape index (κ1) is 22.4. The third-order valence-electron chi connectivity index (χ3n) is 5.68. The van der Waals surface area contributed by atoms with Gasteiger partial charge in [0.05, 0.1) is 12.6 Å². The van der Waals surface area contributed by atoms with E-state index in [1.807, 2.05) is 19.1 Å². The number of anilines is 1. The lowest BCUT2D eigenvalue weighted by Crippen LogP contribution is -2.32. The van der Waals surface area contributed by atoms with Crippen LogP contribution in [0.5, 0.6) is 11.5 Å². The lowest BCUT2D eigenvalue weighted by Gasteiger charge is -2.33. The molecule has 2 N–H and O–H groups in total. The monoisotopic (exact) mass is 447 g/mol. The first-order valence-corrected chi connectivity index (χ1v) is 10.6. The highest BCUT2D eigenvalue weighted by Gasteiger charge is 2.27. The maximum absolute atomic E-state index is 13.9. The lowest BCUT2D eigenvalue weighted by molar-refractivity contribution is 0.0691. The molecule has 0 bridgehead atoms. The van der Waals surface area contributed by atoms with Crippen molar-refractivity contribution in [2.75, 3.05) is 12.4 Å². The Morgan fingerprint density at radius 2 is 1.79 bits per heavy atom. The standard InChI is InChI=1S/C27H26FNO4/c1-16-14-27(2,3)29-22-12-11-18(19-10-9-17(28)13-24(19)32-4)21(25(16)22)15-33-23-8-6-5-7-20(23)26(30)31/h5-14,29H,15H2,1-4H3,(H,30,31). The van der Waals surface area contributed by atoms with Gasteiger partial charge in [0.25, 0.3) is 0 Å². The van der Waals surface area contributed by atoms with E-state index in [1.54, 1.807) is 24.3 Å². The number of nitrogens with one attached hydrogen (secondary N) is 1. The fourth-order valence-corrected chi connectivity index (χ4v) is 4.41. The van der Waals surface area contributed by atoms with Gasteiger partial charge in [-0.2, -0.15) is 0 Å². The van der Waals surface area contributed by atoms with E-state index in [1.165, 1.54) is 25.3 Å². The summed E-state index contributed by atoms with van der Waals surface area (Å²) < 4.78 is 25.4. The summed E-state index contributed by atoms with van der Waals surface area (Å²) in [4.78, 5) is 11.6. The number of hydrogen-bond acceptors (Lipinski definition) is 4.